The van der Waals surface area contributed by atoms with E-state index in [-0.39, 0.29) is 0 Å². The molecule has 1 nitrogen and oxygen atoms in total. The van der Waals surface area contributed by atoms with E-state index in [9.17, 15) is 0 Å². The first-order chi connectivity index (χ1) is 6.00. The van der Waals surface area contributed by atoms with Gasteiger partial charge in [0.15, 0.2) is 0 Å². The van der Waals surface area contributed by atoms with E-state index in [0.717, 1.165) is 0 Å². The highest BCUT2D eigenvalue weighted by Gasteiger charge is 1.97. The zero-order valence-corrected chi connectivity index (χ0v) is 9.41. The molecule has 0 aliphatic carbocycles. The third-order valence-electron chi connectivity index (χ3n) is 0.667. The molecule has 0 fully saturated rings. The van der Waals surface area contributed by atoms with Crippen molar-refractivity contribution in [3.8, 4) is 0 Å². The zero-order valence-electron chi connectivity index (χ0n) is 9.41. The van der Waals surface area contributed by atoms with Crippen LogP contribution in [0.25, 0.3) is 0 Å². The van der Waals surface area contributed by atoms with Gasteiger partial charge >= 0.3 is 0 Å². The van der Waals surface area contributed by atoms with Gasteiger partial charge in [-0.1, -0.05) is 50.2 Å². The Balaban J connectivity index is 0. The van der Waals surface area contributed by atoms with Crippen LogP contribution in [0.15, 0.2) is 36.4 Å². The van der Waals surface area contributed by atoms with Crippen LogP contribution in [0, 0.1) is 0 Å². The summed E-state index contributed by atoms with van der Waals surface area (Å²) in [5.74, 6) is 0. The second-order valence-corrected chi connectivity index (χ2v) is 3.33. The Bertz CT molecular complexity index is 130. The second kappa shape index (κ2) is 9.27. The van der Waals surface area contributed by atoms with Gasteiger partial charge in [-0.2, -0.15) is 0 Å². The van der Waals surface area contributed by atoms with Crippen LogP contribution < -0.4 is 0 Å². The van der Waals surface area contributed by atoms with Crippen molar-refractivity contribution in [3.05, 3.63) is 36.4 Å². The van der Waals surface area contributed by atoms with Gasteiger partial charge in [-0.05, 0) is 20.8 Å². The standard InChI is InChI=1S/C6H6.C4H10O.C2H6/c1-2-4-6-5-3-1;1-4(2,3)5;1-2/h1-6H;5H,1-3H3;1-2H3. The predicted molar refractivity (Wildman–Crippen MR) is 59.8 cm³/mol. The highest BCUT2D eigenvalue weighted by Crippen LogP contribution is 1.93. The molecule has 0 aromatic heterocycles. The number of benzene rings is 1. The Morgan fingerprint density at radius 1 is 0.692 bits per heavy atom. The summed E-state index contributed by atoms with van der Waals surface area (Å²) in [5, 5.41) is 8.52. The van der Waals surface area contributed by atoms with Crippen LogP contribution in [-0.2, 0) is 0 Å². The number of rotatable bonds is 0. The summed E-state index contributed by atoms with van der Waals surface area (Å²) in [4.78, 5) is 0. The maximum absolute atomic E-state index is 8.52. The fourth-order valence-electron chi connectivity index (χ4n) is 0.385. The monoisotopic (exact) mass is 182 g/mol. The van der Waals surface area contributed by atoms with E-state index in [0.29, 0.717) is 0 Å². The second-order valence-electron chi connectivity index (χ2n) is 3.33. The molecule has 76 valence electrons. The van der Waals surface area contributed by atoms with E-state index in [4.69, 9.17) is 5.11 Å². The summed E-state index contributed by atoms with van der Waals surface area (Å²) in [6.45, 7) is 9.23. The molecule has 0 saturated carbocycles. The Morgan fingerprint density at radius 2 is 0.769 bits per heavy atom. The average Bonchev–Trinajstić information content (AvgIpc) is 2.08. The Kier molecular flexibility index (Phi) is 10.5. The number of hydrogen-bond acceptors (Lipinski definition) is 1. The van der Waals surface area contributed by atoms with Crippen LogP contribution >= 0.6 is 0 Å². The van der Waals surface area contributed by atoms with Gasteiger partial charge in [-0.3, -0.25) is 0 Å². The van der Waals surface area contributed by atoms with E-state index < -0.39 is 5.60 Å². The molecule has 0 radical (unpaired) electrons. The van der Waals surface area contributed by atoms with Crippen molar-refractivity contribution < 1.29 is 5.11 Å². The molecule has 1 aromatic carbocycles. The molecular formula is C12H22O. The van der Waals surface area contributed by atoms with Crippen molar-refractivity contribution in [2.75, 3.05) is 0 Å². The van der Waals surface area contributed by atoms with Crippen molar-refractivity contribution in [3.63, 3.8) is 0 Å². The molecule has 0 amide bonds. The predicted octanol–water partition coefficient (Wildman–Crippen LogP) is 3.49. The summed E-state index contributed by atoms with van der Waals surface area (Å²) in [7, 11) is 0. The highest BCUT2D eigenvalue weighted by molar-refractivity contribution is 4.99. The summed E-state index contributed by atoms with van der Waals surface area (Å²) < 4.78 is 0. The lowest BCUT2D eigenvalue weighted by atomic mass is 10.2. The van der Waals surface area contributed by atoms with E-state index in [2.05, 4.69) is 0 Å². The zero-order chi connectivity index (χ0) is 10.7. The molecule has 0 unspecified atom stereocenters. The van der Waals surface area contributed by atoms with Gasteiger partial charge in [0.1, 0.15) is 0 Å². The molecule has 1 rings (SSSR count). The lowest BCUT2D eigenvalue weighted by molar-refractivity contribution is 0.102. The molecular weight excluding hydrogens is 160 g/mol. The van der Waals surface area contributed by atoms with Gasteiger partial charge < -0.3 is 5.11 Å². The van der Waals surface area contributed by atoms with E-state index in [1.54, 1.807) is 20.8 Å². The quantitative estimate of drug-likeness (QED) is 0.651. The molecule has 1 aromatic rings. The molecule has 0 spiro atoms. The minimum absolute atomic E-state index is 0.500. The van der Waals surface area contributed by atoms with Crippen molar-refractivity contribution in [1.82, 2.24) is 0 Å². The fraction of sp³-hybridized carbons (Fsp3) is 0.500. The van der Waals surface area contributed by atoms with Gasteiger partial charge in [-0.15, -0.1) is 0 Å². The summed E-state index contributed by atoms with van der Waals surface area (Å²) >= 11 is 0. The fourth-order valence-corrected chi connectivity index (χ4v) is 0.385. The van der Waals surface area contributed by atoms with Crippen LogP contribution in [0.1, 0.15) is 34.6 Å². The topological polar surface area (TPSA) is 20.2 Å². The minimum atomic E-state index is -0.500. The molecule has 0 saturated heterocycles. The molecule has 1 N–H and O–H groups in total. The minimum Gasteiger partial charge on any atom is -0.391 e. The SMILES string of the molecule is CC.CC(C)(C)O.c1ccccc1. The molecule has 0 aliphatic heterocycles. The number of hydrogen-bond donors (Lipinski definition) is 1. The molecule has 0 aliphatic rings. The van der Waals surface area contributed by atoms with Gasteiger partial charge in [-0.25, -0.2) is 0 Å². The van der Waals surface area contributed by atoms with E-state index in [1.165, 1.54) is 0 Å². The maximum Gasteiger partial charge on any atom is 0.0563 e. The van der Waals surface area contributed by atoms with Gasteiger partial charge in [0.2, 0.25) is 0 Å². The Labute approximate surface area is 82.4 Å². The van der Waals surface area contributed by atoms with Gasteiger partial charge in [0.05, 0.1) is 5.60 Å². The van der Waals surface area contributed by atoms with Crippen molar-refractivity contribution in [2.45, 2.75) is 40.2 Å². The Morgan fingerprint density at radius 3 is 0.846 bits per heavy atom. The lowest BCUT2D eigenvalue weighted by Gasteiger charge is -2.04. The number of aliphatic hydroxyl groups is 1. The Hall–Kier alpha value is -0.820. The van der Waals surface area contributed by atoms with Crippen LogP contribution in [0.5, 0.6) is 0 Å². The molecule has 13 heavy (non-hydrogen) atoms. The van der Waals surface area contributed by atoms with Crippen LogP contribution in [0.4, 0.5) is 0 Å². The molecule has 0 bridgehead atoms. The summed E-state index contributed by atoms with van der Waals surface area (Å²) in [5.41, 5.74) is -0.500. The van der Waals surface area contributed by atoms with Gasteiger partial charge in [0, 0.05) is 0 Å². The van der Waals surface area contributed by atoms with Crippen LogP contribution in [0.2, 0.25) is 0 Å². The summed E-state index contributed by atoms with van der Waals surface area (Å²) in [6, 6.07) is 12.0. The third-order valence-corrected chi connectivity index (χ3v) is 0.667. The smallest absolute Gasteiger partial charge is 0.0563 e. The first-order valence-electron chi connectivity index (χ1n) is 4.72. The van der Waals surface area contributed by atoms with Crippen LogP contribution in [0.3, 0.4) is 0 Å². The van der Waals surface area contributed by atoms with Crippen LogP contribution in [-0.4, -0.2) is 10.7 Å². The van der Waals surface area contributed by atoms with Crippen molar-refractivity contribution in [1.29, 1.82) is 0 Å². The van der Waals surface area contributed by atoms with Crippen molar-refractivity contribution >= 4 is 0 Å². The van der Waals surface area contributed by atoms with Crippen molar-refractivity contribution in [2.24, 2.45) is 0 Å². The third kappa shape index (κ3) is 35.1. The maximum atomic E-state index is 8.52. The van der Waals surface area contributed by atoms with E-state index >= 15 is 0 Å². The largest absolute Gasteiger partial charge is 0.391 e. The highest BCUT2D eigenvalue weighted by atomic mass is 16.3. The van der Waals surface area contributed by atoms with E-state index in [1.807, 2.05) is 50.2 Å². The van der Waals surface area contributed by atoms with Gasteiger partial charge in [0.25, 0.3) is 0 Å². The molecule has 0 atom stereocenters. The lowest BCUT2D eigenvalue weighted by Crippen LogP contribution is -2.10. The first-order valence-corrected chi connectivity index (χ1v) is 4.72. The molecule has 1 heteroatoms. The average molecular weight is 182 g/mol. The normalized spacial score (nSPS) is 8.77. The summed E-state index contributed by atoms with van der Waals surface area (Å²) in [6.07, 6.45) is 0. The molecule has 0 heterocycles. The first kappa shape index (κ1) is 14.7.